The number of halogens is 1. The van der Waals surface area contributed by atoms with Crippen LogP contribution in [-0.2, 0) is 4.74 Å². The Balaban J connectivity index is 1.55. The number of thioether (sulfide) groups is 1. The monoisotopic (exact) mass is 438 g/mol. The maximum atomic E-state index is 12.5. The summed E-state index contributed by atoms with van der Waals surface area (Å²) >= 11 is 7.62. The zero-order valence-corrected chi connectivity index (χ0v) is 17.9. The molecule has 152 valence electrons. The van der Waals surface area contributed by atoms with Gasteiger partial charge in [0, 0.05) is 16.0 Å². The van der Waals surface area contributed by atoms with Gasteiger partial charge in [-0.3, -0.25) is 4.79 Å². The molecule has 6 heteroatoms. The van der Waals surface area contributed by atoms with Gasteiger partial charge in [0.2, 0.25) is 5.78 Å². The molecule has 1 aromatic heterocycles. The van der Waals surface area contributed by atoms with Gasteiger partial charge in [-0.2, -0.15) is 0 Å². The Morgan fingerprint density at radius 2 is 2.00 bits per heavy atom. The number of ether oxygens (including phenoxy) is 1. The fourth-order valence-electron chi connectivity index (χ4n) is 3.07. The van der Waals surface area contributed by atoms with E-state index in [1.807, 2.05) is 31.2 Å². The molecule has 2 heterocycles. The molecule has 0 saturated carbocycles. The highest BCUT2D eigenvalue weighted by atomic mass is 35.5. The summed E-state index contributed by atoms with van der Waals surface area (Å²) in [6.45, 7) is 2.39. The standard InChI is InChI=1S/C24H19ClO4S/c1-2-3-12-28-24(27)18-13-15(8-10-19(18)25)20-11-9-16(29-20)14-22-23(26)17-6-4-5-7-21(17)30-22/h4-11,13-14H,2-3,12H2,1H3. The Bertz CT molecular complexity index is 1150. The minimum atomic E-state index is -0.449. The first-order chi connectivity index (χ1) is 14.6. The molecule has 0 bridgehead atoms. The highest BCUT2D eigenvalue weighted by Crippen LogP contribution is 2.41. The summed E-state index contributed by atoms with van der Waals surface area (Å²) in [5.41, 5.74) is 1.73. The van der Waals surface area contributed by atoms with Crippen molar-refractivity contribution in [2.75, 3.05) is 6.61 Å². The number of hydrogen-bond donors (Lipinski definition) is 0. The molecule has 0 atom stereocenters. The van der Waals surface area contributed by atoms with Crippen molar-refractivity contribution in [1.82, 2.24) is 0 Å². The predicted molar refractivity (Wildman–Crippen MR) is 119 cm³/mol. The number of ketones is 1. The minimum Gasteiger partial charge on any atom is -0.462 e. The highest BCUT2D eigenvalue weighted by molar-refractivity contribution is 8.04. The molecule has 0 aliphatic carbocycles. The molecule has 1 aliphatic rings. The van der Waals surface area contributed by atoms with Gasteiger partial charge in [-0.15, -0.1) is 0 Å². The van der Waals surface area contributed by atoms with Gasteiger partial charge in [-0.1, -0.05) is 48.8 Å². The molecule has 4 nitrogen and oxygen atoms in total. The molecule has 0 saturated heterocycles. The number of furan rings is 1. The van der Waals surface area contributed by atoms with Gasteiger partial charge in [0.1, 0.15) is 11.5 Å². The largest absolute Gasteiger partial charge is 0.462 e. The van der Waals surface area contributed by atoms with Crippen LogP contribution in [0.4, 0.5) is 0 Å². The van der Waals surface area contributed by atoms with Gasteiger partial charge in [0.15, 0.2) is 0 Å². The highest BCUT2D eigenvalue weighted by Gasteiger charge is 2.25. The van der Waals surface area contributed by atoms with E-state index in [0.29, 0.717) is 44.7 Å². The Morgan fingerprint density at radius 1 is 1.17 bits per heavy atom. The lowest BCUT2D eigenvalue weighted by Crippen LogP contribution is -2.07. The number of carbonyl (C=O) groups is 2. The first-order valence-electron chi connectivity index (χ1n) is 9.67. The maximum absolute atomic E-state index is 12.5. The second-order valence-electron chi connectivity index (χ2n) is 6.82. The van der Waals surface area contributed by atoms with Crippen molar-refractivity contribution in [1.29, 1.82) is 0 Å². The summed E-state index contributed by atoms with van der Waals surface area (Å²) in [4.78, 5) is 26.4. The third-order valence-electron chi connectivity index (χ3n) is 4.68. The Morgan fingerprint density at radius 3 is 2.80 bits per heavy atom. The molecule has 0 fully saturated rings. The van der Waals surface area contributed by atoms with Crippen molar-refractivity contribution in [3.8, 4) is 11.3 Å². The zero-order valence-electron chi connectivity index (χ0n) is 16.3. The van der Waals surface area contributed by atoms with E-state index in [0.717, 1.165) is 17.7 Å². The third kappa shape index (κ3) is 4.23. The summed E-state index contributed by atoms with van der Waals surface area (Å²) in [7, 11) is 0. The van der Waals surface area contributed by atoms with Crippen LogP contribution < -0.4 is 0 Å². The first-order valence-corrected chi connectivity index (χ1v) is 10.9. The molecule has 0 spiro atoms. The van der Waals surface area contributed by atoms with Gasteiger partial charge >= 0.3 is 5.97 Å². The maximum Gasteiger partial charge on any atom is 0.339 e. The summed E-state index contributed by atoms with van der Waals surface area (Å²) in [5, 5.41) is 0.333. The average Bonchev–Trinajstić information content (AvgIpc) is 3.34. The second kappa shape index (κ2) is 8.94. The van der Waals surface area contributed by atoms with Gasteiger partial charge in [0.05, 0.1) is 22.1 Å². The van der Waals surface area contributed by atoms with Crippen molar-refractivity contribution < 1.29 is 18.7 Å². The van der Waals surface area contributed by atoms with Crippen molar-refractivity contribution in [2.45, 2.75) is 24.7 Å². The molecular formula is C24H19ClO4S. The summed E-state index contributed by atoms with van der Waals surface area (Å²) in [5.74, 6) is 0.692. The van der Waals surface area contributed by atoms with E-state index in [-0.39, 0.29) is 5.78 Å². The smallest absolute Gasteiger partial charge is 0.339 e. The zero-order chi connectivity index (χ0) is 21.1. The van der Waals surface area contributed by atoms with Crippen molar-refractivity contribution in [3.05, 3.63) is 81.4 Å². The Kier molecular flexibility index (Phi) is 6.11. The number of carbonyl (C=O) groups excluding carboxylic acids is 2. The quantitative estimate of drug-likeness (QED) is 0.238. The van der Waals surface area contributed by atoms with Gasteiger partial charge in [-0.25, -0.2) is 4.79 Å². The van der Waals surface area contributed by atoms with Crippen LogP contribution in [0.1, 0.15) is 46.2 Å². The van der Waals surface area contributed by atoms with Gasteiger partial charge < -0.3 is 9.15 Å². The van der Waals surface area contributed by atoms with Crippen LogP contribution >= 0.6 is 23.4 Å². The lowest BCUT2D eigenvalue weighted by molar-refractivity contribution is 0.0500. The molecule has 30 heavy (non-hydrogen) atoms. The van der Waals surface area contributed by atoms with E-state index >= 15 is 0 Å². The number of hydrogen-bond acceptors (Lipinski definition) is 5. The van der Waals surface area contributed by atoms with E-state index in [1.54, 1.807) is 36.4 Å². The molecular weight excluding hydrogens is 420 g/mol. The van der Waals surface area contributed by atoms with E-state index in [1.165, 1.54) is 11.8 Å². The molecule has 0 unspecified atom stereocenters. The average molecular weight is 439 g/mol. The van der Waals surface area contributed by atoms with Crippen molar-refractivity contribution in [3.63, 3.8) is 0 Å². The molecule has 3 aromatic rings. The number of Topliss-reactive ketones (excluding diaryl/α,β-unsaturated/α-hetero) is 1. The summed E-state index contributed by atoms with van der Waals surface area (Å²) < 4.78 is 11.2. The van der Waals surface area contributed by atoms with E-state index < -0.39 is 5.97 Å². The fraction of sp³-hybridized carbons (Fsp3) is 0.167. The predicted octanol–water partition coefficient (Wildman–Crippen LogP) is 6.89. The topological polar surface area (TPSA) is 56.5 Å². The van der Waals surface area contributed by atoms with Crippen LogP contribution in [0.5, 0.6) is 0 Å². The molecule has 0 amide bonds. The van der Waals surface area contributed by atoms with Crippen LogP contribution in [0.15, 0.2) is 68.8 Å². The van der Waals surface area contributed by atoms with E-state index in [2.05, 4.69) is 0 Å². The van der Waals surface area contributed by atoms with Crippen molar-refractivity contribution in [2.24, 2.45) is 0 Å². The summed E-state index contributed by atoms with van der Waals surface area (Å²) in [6, 6.07) is 16.2. The Hall–Kier alpha value is -2.76. The number of rotatable bonds is 6. The number of esters is 1. The Labute approximate surface area is 183 Å². The molecule has 2 aromatic carbocycles. The number of allylic oxidation sites excluding steroid dienone is 1. The van der Waals surface area contributed by atoms with Crippen molar-refractivity contribution >= 4 is 41.2 Å². The first kappa shape index (κ1) is 20.5. The van der Waals surface area contributed by atoms with Crippen LogP contribution in [-0.4, -0.2) is 18.4 Å². The minimum absolute atomic E-state index is 0.00264. The molecule has 1 aliphatic heterocycles. The van der Waals surface area contributed by atoms with Gasteiger partial charge in [0.25, 0.3) is 0 Å². The van der Waals surface area contributed by atoms with E-state index in [9.17, 15) is 9.59 Å². The van der Waals surface area contributed by atoms with Crippen LogP contribution in [0.25, 0.3) is 17.4 Å². The molecule has 0 radical (unpaired) electrons. The molecule has 4 rings (SSSR count). The van der Waals surface area contributed by atoms with Crippen LogP contribution in [0.2, 0.25) is 5.02 Å². The summed E-state index contributed by atoms with van der Waals surface area (Å²) in [6.07, 6.45) is 3.49. The van der Waals surface area contributed by atoms with Gasteiger partial charge in [-0.05, 0) is 55.0 Å². The second-order valence-corrected chi connectivity index (χ2v) is 8.31. The number of fused-ring (bicyclic) bond motifs is 1. The normalized spacial score (nSPS) is 14.2. The lowest BCUT2D eigenvalue weighted by Gasteiger charge is -2.07. The lowest BCUT2D eigenvalue weighted by atomic mass is 10.1. The fourth-order valence-corrected chi connectivity index (χ4v) is 4.30. The SMILES string of the molecule is CCCCOC(=O)c1cc(-c2ccc(C=C3Sc4ccccc4C3=O)o2)ccc1Cl. The van der Waals surface area contributed by atoms with E-state index in [4.69, 9.17) is 20.8 Å². The number of unbranched alkanes of at least 4 members (excludes halogenated alkanes) is 1. The van der Waals surface area contributed by atoms with Crippen LogP contribution in [0, 0.1) is 0 Å². The molecule has 0 N–H and O–H groups in total. The van der Waals surface area contributed by atoms with Crippen LogP contribution in [0.3, 0.4) is 0 Å². The third-order valence-corrected chi connectivity index (χ3v) is 6.11. The number of benzene rings is 2.